The van der Waals surface area contributed by atoms with Crippen LogP contribution in [-0.4, -0.2) is 96.7 Å². The lowest BCUT2D eigenvalue weighted by Gasteiger charge is -2.21. The number of aliphatic hydroxyl groups excluding tert-OH is 1. The van der Waals surface area contributed by atoms with Crippen LogP contribution in [0.25, 0.3) is 0 Å². The van der Waals surface area contributed by atoms with Gasteiger partial charge in [0.2, 0.25) is 0 Å². The van der Waals surface area contributed by atoms with E-state index in [1.54, 1.807) is 0 Å². The van der Waals surface area contributed by atoms with Crippen molar-refractivity contribution in [2.24, 2.45) is 11.8 Å². The Morgan fingerprint density at radius 1 is 0.377 bits per heavy atom. The Labute approximate surface area is 467 Å². The molecule has 0 bridgehead atoms. The summed E-state index contributed by atoms with van der Waals surface area (Å²) in [7, 11) is -9.86. The van der Waals surface area contributed by atoms with Gasteiger partial charge in [-0.3, -0.25) is 37.3 Å². The van der Waals surface area contributed by atoms with Gasteiger partial charge in [0.15, 0.2) is 12.2 Å². The number of hydrogen-bond donors (Lipinski definition) is 3. The monoisotopic (exact) mass is 1140 g/mol. The van der Waals surface area contributed by atoms with Crippen LogP contribution in [0.5, 0.6) is 0 Å². The van der Waals surface area contributed by atoms with Crippen molar-refractivity contribution in [1.82, 2.24) is 0 Å². The summed E-state index contributed by atoms with van der Waals surface area (Å²) in [6.45, 7) is 9.30. The predicted molar refractivity (Wildman–Crippen MR) is 303 cm³/mol. The van der Waals surface area contributed by atoms with Crippen LogP contribution in [0.2, 0.25) is 0 Å². The molecule has 19 heteroatoms. The highest BCUT2D eigenvalue weighted by Gasteiger charge is 2.30. The van der Waals surface area contributed by atoms with Crippen molar-refractivity contribution in [2.45, 2.75) is 297 Å². The Bertz CT molecular complexity index is 1530. The molecule has 0 fully saturated rings. The third kappa shape index (κ3) is 51.9. The molecule has 0 aromatic heterocycles. The molecule has 3 unspecified atom stereocenters. The van der Waals surface area contributed by atoms with E-state index >= 15 is 0 Å². The van der Waals surface area contributed by atoms with Gasteiger partial charge in [0, 0.05) is 25.7 Å². The quantitative estimate of drug-likeness (QED) is 0.0222. The first-order valence-electron chi connectivity index (χ1n) is 30.5. The Hall–Kier alpha value is -1.94. The fraction of sp³-hybridized carbons (Fsp3) is 0.931. The summed E-state index contributed by atoms with van der Waals surface area (Å²) in [6.07, 6.45) is 31.2. The number of carbonyl (C=O) groups excluding carboxylic acids is 4. The number of hydrogen-bond acceptors (Lipinski definition) is 15. The van der Waals surface area contributed by atoms with Gasteiger partial charge in [0.1, 0.15) is 19.3 Å². The fourth-order valence-corrected chi connectivity index (χ4v) is 10.0. The number of carbonyl (C=O) groups is 4. The molecule has 0 aromatic rings. The average molecular weight is 1140 g/mol. The number of ether oxygens (including phenoxy) is 4. The largest absolute Gasteiger partial charge is 0.472 e. The molecule has 17 nitrogen and oxygen atoms in total. The van der Waals surface area contributed by atoms with Gasteiger partial charge < -0.3 is 33.8 Å². The molecular weight excluding hydrogens is 1030 g/mol. The van der Waals surface area contributed by atoms with Gasteiger partial charge in [-0.2, -0.15) is 0 Å². The topological polar surface area (TPSA) is 237 Å². The van der Waals surface area contributed by atoms with E-state index in [9.17, 15) is 43.2 Å². The molecular formula is C58H112O17P2. The van der Waals surface area contributed by atoms with Crippen LogP contribution in [0.3, 0.4) is 0 Å². The second-order valence-electron chi connectivity index (χ2n) is 21.7. The van der Waals surface area contributed by atoms with Crippen LogP contribution in [0.1, 0.15) is 279 Å². The van der Waals surface area contributed by atoms with Crippen molar-refractivity contribution < 1.29 is 80.2 Å². The van der Waals surface area contributed by atoms with E-state index in [0.717, 1.165) is 121 Å². The molecule has 0 amide bonds. The zero-order chi connectivity index (χ0) is 57.3. The summed E-state index contributed by atoms with van der Waals surface area (Å²) in [4.78, 5) is 71.6. The van der Waals surface area contributed by atoms with Crippen LogP contribution < -0.4 is 0 Å². The Kier molecular flexibility index (Phi) is 49.7. The number of phosphoric acid groups is 2. The highest BCUT2D eigenvalue weighted by Crippen LogP contribution is 2.45. The molecule has 0 rings (SSSR count). The van der Waals surface area contributed by atoms with Gasteiger partial charge in [-0.15, -0.1) is 0 Å². The fourth-order valence-electron chi connectivity index (χ4n) is 8.44. The van der Waals surface area contributed by atoms with E-state index in [4.69, 9.17) is 37.0 Å². The average Bonchev–Trinajstić information content (AvgIpc) is 3.39. The standard InChI is InChI=1S/C58H112O17P2/c1-7-10-12-14-21-30-36-42-57(62)74-53(46-68-55(60)40-34-26-13-11-8-2)48-72-76(64,65)70-44-52(59)45-71-77(66,67)73-49-54(47-69-56(61)41-35-29-24-20-19-22-27-32-38-50(4)5)75-58(63)43-37-31-25-18-16-15-17-23-28-33-39-51(6)9-3/h50-54,59H,7-49H2,1-6H3,(H,64,65)(H,66,67)/t51?,52-,53+,54+/m0/s1. The SMILES string of the molecule is CCCCCCCCCC(=O)O[C@H](COC(=O)CCCCCCC)COP(=O)(O)OC[C@H](O)COP(=O)(O)OC[C@@H](COC(=O)CCCCCCCCCCC(C)C)OC(=O)CCCCCCCCCCCCC(C)CC. The second-order valence-corrected chi connectivity index (χ2v) is 24.7. The first-order chi connectivity index (χ1) is 36.9. The van der Waals surface area contributed by atoms with Crippen molar-refractivity contribution in [3.05, 3.63) is 0 Å². The van der Waals surface area contributed by atoms with Crippen molar-refractivity contribution in [1.29, 1.82) is 0 Å². The Morgan fingerprint density at radius 3 is 0.987 bits per heavy atom. The lowest BCUT2D eigenvalue weighted by molar-refractivity contribution is -0.161. The van der Waals surface area contributed by atoms with Crippen LogP contribution in [0.15, 0.2) is 0 Å². The Morgan fingerprint density at radius 2 is 0.662 bits per heavy atom. The molecule has 0 aliphatic carbocycles. The summed E-state index contributed by atoms with van der Waals surface area (Å²) in [5.74, 6) is -0.629. The summed E-state index contributed by atoms with van der Waals surface area (Å²) in [5.41, 5.74) is 0. The molecule has 0 saturated heterocycles. The van der Waals surface area contributed by atoms with Crippen LogP contribution >= 0.6 is 15.6 Å². The van der Waals surface area contributed by atoms with Gasteiger partial charge in [-0.1, -0.05) is 228 Å². The third-order valence-electron chi connectivity index (χ3n) is 13.6. The molecule has 77 heavy (non-hydrogen) atoms. The van der Waals surface area contributed by atoms with E-state index in [2.05, 4.69) is 41.5 Å². The van der Waals surface area contributed by atoms with Crippen molar-refractivity contribution >= 4 is 39.5 Å². The number of aliphatic hydroxyl groups is 1. The molecule has 3 N–H and O–H groups in total. The Balaban J connectivity index is 5.18. The minimum atomic E-state index is -4.94. The van der Waals surface area contributed by atoms with Gasteiger partial charge >= 0.3 is 39.5 Å². The number of rotatable bonds is 57. The molecule has 0 aliphatic rings. The van der Waals surface area contributed by atoms with Crippen molar-refractivity contribution in [3.8, 4) is 0 Å². The lowest BCUT2D eigenvalue weighted by atomic mass is 9.99. The van der Waals surface area contributed by atoms with Gasteiger partial charge in [0.25, 0.3) is 0 Å². The minimum Gasteiger partial charge on any atom is -0.462 e. The van der Waals surface area contributed by atoms with E-state index in [0.29, 0.717) is 25.7 Å². The summed E-state index contributed by atoms with van der Waals surface area (Å²) in [5, 5.41) is 10.5. The smallest absolute Gasteiger partial charge is 0.462 e. The minimum absolute atomic E-state index is 0.102. The summed E-state index contributed by atoms with van der Waals surface area (Å²) >= 11 is 0. The number of phosphoric ester groups is 2. The lowest BCUT2D eigenvalue weighted by Crippen LogP contribution is -2.30. The van der Waals surface area contributed by atoms with E-state index in [1.807, 2.05) is 0 Å². The number of unbranched alkanes of at least 4 members (excludes halogenated alkanes) is 26. The molecule has 0 heterocycles. The number of esters is 4. The summed E-state index contributed by atoms with van der Waals surface area (Å²) < 4.78 is 67.4. The normalized spacial score (nSPS) is 14.8. The van der Waals surface area contributed by atoms with Gasteiger partial charge in [-0.05, 0) is 37.5 Å². The molecule has 0 saturated carbocycles. The van der Waals surface area contributed by atoms with Gasteiger partial charge in [0.05, 0.1) is 26.4 Å². The maximum Gasteiger partial charge on any atom is 0.472 e. The zero-order valence-corrected chi connectivity index (χ0v) is 51.0. The van der Waals surface area contributed by atoms with Gasteiger partial charge in [-0.25, -0.2) is 9.13 Å². The first-order valence-corrected chi connectivity index (χ1v) is 33.5. The molecule has 0 aromatic carbocycles. The predicted octanol–water partition coefficient (Wildman–Crippen LogP) is 15.3. The van der Waals surface area contributed by atoms with E-state index in [1.165, 1.54) is 77.0 Å². The van der Waals surface area contributed by atoms with E-state index < -0.39 is 97.5 Å². The first kappa shape index (κ1) is 75.1. The highest BCUT2D eigenvalue weighted by molar-refractivity contribution is 7.47. The zero-order valence-electron chi connectivity index (χ0n) is 49.2. The maximum absolute atomic E-state index is 12.9. The molecule has 0 aliphatic heterocycles. The third-order valence-corrected chi connectivity index (χ3v) is 15.5. The van der Waals surface area contributed by atoms with Crippen molar-refractivity contribution in [3.63, 3.8) is 0 Å². The van der Waals surface area contributed by atoms with Crippen LogP contribution in [0, 0.1) is 11.8 Å². The van der Waals surface area contributed by atoms with Crippen LogP contribution in [-0.2, 0) is 65.4 Å². The molecule has 0 radical (unpaired) electrons. The molecule has 6 atom stereocenters. The van der Waals surface area contributed by atoms with E-state index in [-0.39, 0.29) is 25.7 Å². The van der Waals surface area contributed by atoms with Crippen LogP contribution in [0.4, 0.5) is 0 Å². The highest BCUT2D eigenvalue weighted by atomic mass is 31.2. The van der Waals surface area contributed by atoms with Crippen molar-refractivity contribution in [2.75, 3.05) is 39.6 Å². The molecule has 0 spiro atoms. The molecule has 456 valence electrons. The summed E-state index contributed by atoms with van der Waals surface area (Å²) in [6, 6.07) is 0. The maximum atomic E-state index is 12.9. The second kappa shape index (κ2) is 51.0.